The summed E-state index contributed by atoms with van der Waals surface area (Å²) >= 11 is 0. The lowest BCUT2D eigenvalue weighted by atomic mass is 10.1. The average molecular weight is 893 g/mol. The van der Waals surface area contributed by atoms with Gasteiger partial charge in [-0.3, -0.25) is 9.59 Å². The van der Waals surface area contributed by atoms with Gasteiger partial charge >= 0.3 is 17.9 Å². The Balaban J connectivity index is 4.37. The second kappa shape index (κ2) is 45.8. The molecule has 2 atom stereocenters. The zero-order chi connectivity index (χ0) is 47.0. The third kappa shape index (κ3) is 43.5. The molecular formula is C56H94NO7+. The molecule has 364 valence electrons. The molecule has 0 spiro atoms. The van der Waals surface area contributed by atoms with Crippen molar-refractivity contribution >= 4 is 17.9 Å². The van der Waals surface area contributed by atoms with Crippen LogP contribution in [0.4, 0.5) is 0 Å². The van der Waals surface area contributed by atoms with Gasteiger partial charge in [-0.1, -0.05) is 207 Å². The van der Waals surface area contributed by atoms with E-state index in [0.717, 1.165) is 51.4 Å². The Kier molecular flexibility index (Phi) is 43.1. The van der Waals surface area contributed by atoms with Crippen molar-refractivity contribution < 1.29 is 38.2 Å². The van der Waals surface area contributed by atoms with Gasteiger partial charge in [-0.05, 0) is 57.8 Å². The maximum Gasteiger partial charge on any atom is 0.362 e. The van der Waals surface area contributed by atoms with Crippen LogP contribution in [-0.2, 0) is 28.6 Å². The van der Waals surface area contributed by atoms with E-state index in [9.17, 15) is 19.5 Å². The highest BCUT2D eigenvalue weighted by Crippen LogP contribution is 2.14. The zero-order valence-corrected chi connectivity index (χ0v) is 41.4. The molecule has 0 heterocycles. The molecule has 0 bridgehead atoms. The molecule has 0 aliphatic carbocycles. The van der Waals surface area contributed by atoms with Crippen molar-refractivity contribution in [3.63, 3.8) is 0 Å². The maximum atomic E-state index is 12.8. The van der Waals surface area contributed by atoms with Gasteiger partial charge in [-0.15, -0.1) is 0 Å². The van der Waals surface area contributed by atoms with E-state index in [0.29, 0.717) is 19.3 Å². The lowest BCUT2D eigenvalue weighted by Crippen LogP contribution is -2.50. The monoisotopic (exact) mass is 893 g/mol. The number of hydrogen-bond donors (Lipinski definition) is 1. The number of likely N-dealkylation sites (N-methyl/N-ethyl adjacent to an activating group) is 1. The van der Waals surface area contributed by atoms with Gasteiger partial charge in [-0.2, -0.15) is 0 Å². The summed E-state index contributed by atoms with van der Waals surface area (Å²) in [6.45, 7) is 4.54. The number of esters is 2. The fourth-order valence-electron chi connectivity index (χ4n) is 7.01. The molecule has 0 saturated heterocycles. The molecule has 0 fully saturated rings. The van der Waals surface area contributed by atoms with E-state index in [-0.39, 0.29) is 36.2 Å². The number of nitrogens with zero attached hydrogens (tertiary/aromatic N) is 1. The number of carbonyl (C=O) groups excluding carboxylic acids is 2. The quantitative estimate of drug-likeness (QED) is 0.0214. The number of hydrogen-bond acceptors (Lipinski definition) is 6. The summed E-state index contributed by atoms with van der Waals surface area (Å²) in [7, 11) is 5.51. The van der Waals surface area contributed by atoms with E-state index in [2.05, 4.69) is 38.2 Å². The molecule has 0 rings (SSSR count). The average Bonchev–Trinajstić information content (AvgIpc) is 3.26. The van der Waals surface area contributed by atoms with Gasteiger partial charge in [-0.25, -0.2) is 4.79 Å². The van der Waals surface area contributed by atoms with Crippen LogP contribution < -0.4 is 0 Å². The normalized spacial score (nSPS) is 13.7. The predicted octanol–water partition coefficient (Wildman–Crippen LogP) is 14.6. The van der Waals surface area contributed by atoms with Gasteiger partial charge in [0.25, 0.3) is 0 Å². The van der Waals surface area contributed by atoms with Crippen molar-refractivity contribution in [1.29, 1.82) is 0 Å². The van der Waals surface area contributed by atoms with Crippen LogP contribution in [0.1, 0.15) is 187 Å². The second-order valence-corrected chi connectivity index (χ2v) is 17.9. The molecule has 0 radical (unpaired) electrons. The maximum absolute atomic E-state index is 12.8. The summed E-state index contributed by atoms with van der Waals surface area (Å²) in [6, 6.07) is -0.629. The topological polar surface area (TPSA) is 99.1 Å². The molecule has 0 saturated carbocycles. The number of carboxylic acid groups (broad SMARTS) is 1. The van der Waals surface area contributed by atoms with Gasteiger partial charge in [0.2, 0.25) is 0 Å². The van der Waals surface area contributed by atoms with Crippen molar-refractivity contribution in [2.24, 2.45) is 0 Å². The highest BCUT2D eigenvalue weighted by Gasteiger charge is 2.31. The standard InChI is InChI=1S/C56H93NO7/c1-6-8-10-12-14-16-18-20-22-24-26-27-29-31-33-35-37-39-41-43-45-47-55(59)64-52(50-62-49-48-53(56(60)61)57(3,4)5)51-63-54(58)46-44-42-40-38-36-34-32-30-28-25-23-21-19-17-15-13-11-9-7-2/h9,11,13,15,17,19,21,23,25,27-30,32,34,36,52-53H,6-8,10,12,14,16,18,20,22,24,26,31,33,35,37-51H2,1-5H3/p+1/b11-9+,15-13+,19-17+,23-21+,28-25+,29-27+,32-30+,36-34+. The first-order valence-electron chi connectivity index (χ1n) is 25.4. The van der Waals surface area contributed by atoms with Crippen molar-refractivity contribution in [1.82, 2.24) is 0 Å². The number of ether oxygens (including phenoxy) is 3. The number of allylic oxidation sites excluding steroid dienone is 16. The van der Waals surface area contributed by atoms with Crippen molar-refractivity contribution in [3.05, 3.63) is 97.2 Å². The number of aliphatic carboxylic acids is 1. The minimum atomic E-state index is -0.886. The summed E-state index contributed by atoms with van der Waals surface area (Å²) < 4.78 is 17.3. The van der Waals surface area contributed by atoms with E-state index in [1.165, 1.54) is 103 Å². The van der Waals surface area contributed by atoms with Gasteiger partial charge in [0.15, 0.2) is 12.1 Å². The number of carboxylic acids is 1. The van der Waals surface area contributed by atoms with Crippen LogP contribution >= 0.6 is 0 Å². The largest absolute Gasteiger partial charge is 0.477 e. The van der Waals surface area contributed by atoms with Gasteiger partial charge in [0.1, 0.15) is 6.61 Å². The molecule has 1 N–H and O–H groups in total. The molecule has 64 heavy (non-hydrogen) atoms. The predicted molar refractivity (Wildman–Crippen MR) is 270 cm³/mol. The number of unbranched alkanes of at least 4 members (excludes halogenated alkanes) is 20. The highest BCUT2D eigenvalue weighted by atomic mass is 16.6. The van der Waals surface area contributed by atoms with Crippen LogP contribution in [0.5, 0.6) is 0 Å². The third-order valence-electron chi connectivity index (χ3n) is 10.9. The molecule has 0 aromatic rings. The number of quaternary nitrogens is 1. The molecule has 2 unspecified atom stereocenters. The first kappa shape index (κ1) is 60.2. The highest BCUT2D eigenvalue weighted by molar-refractivity contribution is 5.72. The minimum Gasteiger partial charge on any atom is -0.477 e. The van der Waals surface area contributed by atoms with Crippen LogP contribution in [0.2, 0.25) is 0 Å². The summed E-state index contributed by atoms with van der Waals surface area (Å²) in [5.41, 5.74) is 0. The van der Waals surface area contributed by atoms with Gasteiger partial charge in [0.05, 0.1) is 34.4 Å². The first-order valence-corrected chi connectivity index (χ1v) is 25.4. The molecule has 0 aliphatic rings. The summed E-state index contributed by atoms with van der Waals surface area (Å²) in [4.78, 5) is 37.1. The van der Waals surface area contributed by atoms with Crippen LogP contribution in [0.3, 0.4) is 0 Å². The first-order chi connectivity index (χ1) is 31.1. The van der Waals surface area contributed by atoms with Crippen LogP contribution in [0.25, 0.3) is 0 Å². The number of carbonyl (C=O) groups is 3. The molecule has 0 aromatic carbocycles. The summed E-state index contributed by atoms with van der Waals surface area (Å²) in [5.74, 6) is -1.54. The molecule has 8 nitrogen and oxygen atoms in total. The Bertz CT molecular complexity index is 1360. The molecule has 8 heteroatoms. The van der Waals surface area contributed by atoms with Crippen LogP contribution in [-0.4, -0.2) is 80.6 Å². The summed E-state index contributed by atoms with van der Waals surface area (Å²) in [5, 5.41) is 9.65. The lowest BCUT2D eigenvalue weighted by Gasteiger charge is -2.31. The molecular weight excluding hydrogens is 799 g/mol. The Morgan fingerprint density at radius 2 is 0.891 bits per heavy atom. The van der Waals surface area contributed by atoms with Crippen LogP contribution in [0.15, 0.2) is 97.2 Å². The molecule has 0 aromatic heterocycles. The van der Waals surface area contributed by atoms with Gasteiger partial charge < -0.3 is 23.8 Å². The molecule has 0 aliphatic heterocycles. The Morgan fingerprint density at radius 3 is 1.36 bits per heavy atom. The zero-order valence-electron chi connectivity index (χ0n) is 41.4. The fourth-order valence-corrected chi connectivity index (χ4v) is 7.01. The fraction of sp³-hybridized carbons (Fsp3) is 0.661. The van der Waals surface area contributed by atoms with E-state index in [4.69, 9.17) is 14.2 Å². The smallest absolute Gasteiger partial charge is 0.362 e. The SMILES string of the molecule is CC/C=C/C=C/C=C/C=C/C=C/C=C/C=C/CCCCCC(=O)OCC(COCCC(C(=O)O)[N+](C)(C)C)OC(=O)CCCCCCCCC/C=C/CCCCCCCCCCCC. The third-order valence-corrected chi connectivity index (χ3v) is 10.9. The van der Waals surface area contributed by atoms with E-state index in [1.807, 2.05) is 94.1 Å². The van der Waals surface area contributed by atoms with Crippen molar-refractivity contribution in [3.8, 4) is 0 Å². The Morgan fingerprint density at radius 1 is 0.484 bits per heavy atom. The second-order valence-electron chi connectivity index (χ2n) is 17.9. The summed E-state index contributed by atoms with van der Waals surface area (Å²) in [6.07, 6.45) is 61.7. The van der Waals surface area contributed by atoms with E-state index < -0.39 is 18.1 Å². The molecule has 0 amide bonds. The van der Waals surface area contributed by atoms with Crippen molar-refractivity contribution in [2.75, 3.05) is 41.0 Å². The van der Waals surface area contributed by atoms with Gasteiger partial charge in [0, 0.05) is 19.3 Å². The Hall–Kier alpha value is -3.75. The van der Waals surface area contributed by atoms with E-state index >= 15 is 0 Å². The Labute approximate surface area is 392 Å². The lowest BCUT2D eigenvalue weighted by molar-refractivity contribution is -0.887. The number of rotatable bonds is 44. The van der Waals surface area contributed by atoms with Crippen LogP contribution in [0, 0.1) is 0 Å². The minimum absolute atomic E-state index is 0.0385. The van der Waals surface area contributed by atoms with E-state index in [1.54, 1.807) is 0 Å². The van der Waals surface area contributed by atoms with Crippen molar-refractivity contribution in [2.45, 2.75) is 199 Å².